The molecule has 0 saturated carbocycles. The molecule has 0 saturated heterocycles. The van der Waals surface area contributed by atoms with Gasteiger partial charge in [0.2, 0.25) is 0 Å². The summed E-state index contributed by atoms with van der Waals surface area (Å²) in [6.07, 6.45) is 0.877. The quantitative estimate of drug-likeness (QED) is 0.750. The summed E-state index contributed by atoms with van der Waals surface area (Å²) in [6.45, 7) is 2.01. The molecule has 2 aromatic carbocycles. The van der Waals surface area contributed by atoms with Gasteiger partial charge in [0.25, 0.3) is 0 Å². The Balaban J connectivity index is 2.24. The zero-order valence-electron chi connectivity index (χ0n) is 10.4. The minimum absolute atomic E-state index is 0.576. The van der Waals surface area contributed by atoms with Crippen LogP contribution in [0, 0.1) is 6.92 Å². The molecule has 0 bridgehead atoms. The minimum atomic E-state index is -0.695. The molecule has 96 valence electrons. The Kier molecular flexibility index (Phi) is 3.17. The van der Waals surface area contributed by atoms with E-state index >= 15 is 0 Å². The van der Waals surface area contributed by atoms with Gasteiger partial charge < -0.3 is 9.52 Å². The van der Waals surface area contributed by atoms with E-state index in [1.54, 1.807) is 12.3 Å². The highest BCUT2D eigenvalue weighted by atomic mass is 79.9. The third-order valence-corrected chi connectivity index (χ3v) is 4.05. The highest BCUT2D eigenvalue weighted by molar-refractivity contribution is 9.10. The zero-order chi connectivity index (χ0) is 13.4. The number of hydrogen-bond donors (Lipinski definition) is 1. The number of aliphatic hydroxyl groups excluding tert-OH is 1. The molecule has 0 aliphatic rings. The molecule has 1 atom stereocenters. The van der Waals surface area contributed by atoms with Crippen LogP contribution in [0.1, 0.15) is 22.8 Å². The highest BCUT2D eigenvalue weighted by Gasteiger charge is 2.19. The lowest BCUT2D eigenvalue weighted by Crippen LogP contribution is -2.02. The van der Waals surface area contributed by atoms with Crippen LogP contribution >= 0.6 is 15.9 Å². The Labute approximate surface area is 119 Å². The molecular formula is C16H13BrO2. The maximum Gasteiger partial charge on any atom is 0.175 e. The van der Waals surface area contributed by atoms with Gasteiger partial charge in [0, 0.05) is 5.56 Å². The fraction of sp³-hybridized carbons (Fsp3) is 0.125. The average Bonchev–Trinajstić information content (AvgIpc) is 2.84. The molecule has 3 heteroatoms. The zero-order valence-corrected chi connectivity index (χ0v) is 12.0. The van der Waals surface area contributed by atoms with Crippen molar-refractivity contribution in [2.45, 2.75) is 13.0 Å². The molecule has 0 amide bonds. The SMILES string of the molecule is Cc1ccc2ccccc2c1C(O)c1ccoc1Br. The van der Waals surface area contributed by atoms with Crippen LogP contribution in [0.15, 0.2) is 57.8 Å². The maximum absolute atomic E-state index is 10.7. The Hall–Kier alpha value is -1.58. The Morgan fingerprint density at radius 2 is 1.89 bits per heavy atom. The fourth-order valence-electron chi connectivity index (χ4n) is 2.42. The normalized spacial score (nSPS) is 12.8. The van der Waals surface area contributed by atoms with Crippen molar-refractivity contribution in [2.24, 2.45) is 0 Å². The lowest BCUT2D eigenvalue weighted by Gasteiger charge is -2.16. The third kappa shape index (κ3) is 2.09. The van der Waals surface area contributed by atoms with Gasteiger partial charge in [-0.1, -0.05) is 36.4 Å². The molecule has 0 radical (unpaired) electrons. The monoisotopic (exact) mass is 316 g/mol. The van der Waals surface area contributed by atoms with E-state index in [9.17, 15) is 5.11 Å². The number of hydrogen-bond acceptors (Lipinski definition) is 2. The molecule has 1 heterocycles. The minimum Gasteiger partial charge on any atom is -0.457 e. The number of halogens is 1. The van der Waals surface area contributed by atoms with Crippen molar-refractivity contribution in [1.29, 1.82) is 0 Å². The summed E-state index contributed by atoms with van der Waals surface area (Å²) in [5.74, 6) is 0. The first-order valence-corrected chi connectivity index (χ1v) is 6.87. The Morgan fingerprint density at radius 1 is 1.11 bits per heavy atom. The second kappa shape index (κ2) is 4.83. The van der Waals surface area contributed by atoms with E-state index in [0.717, 1.165) is 27.5 Å². The smallest absolute Gasteiger partial charge is 0.175 e. The van der Waals surface area contributed by atoms with Gasteiger partial charge in [-0.2, -0.15) is 0 Å². The van der Waals surface area contributed by atoms with Crippen LogP contribution in [-0.4, -0.2) is 5.11 Å². The maximum atomic E-state index is 10.7. The van der Waals surface area contributed by atoms with Gasteiger partial charge >= 0.3 is 0 Å². The van der Waals surface area contributed by atoms with E-state index in [4.69, 9.17) is 4.42 Å². The van der Waals surface area contributed by atoms with Gasteiger partial charge in [0.15, 0.2) is 4.67 Å². The van der Waals surface area contributed by atoms with Gasteiger partial charge in [0.1, 0.15) is 6.10 Å². The number of aliphatic hydroxyl groups is 1. The first-order valence-electron chi connectivity index (χ1n) is 6.07. The number of benzene rings is 2. The largest absolute Gasteiger partial charge is 0.457 e. The molecule has 2 nitrogen and oxygen atoms in total. The molecule has 3 aromatic rings. The molecule has 19 heavy (non-hydrogen) atoms. The molecule has 0 aliphatic heterocycles. The molecule has 1 N–H and O–H groups in total. The summed E-state index contributed by atoms with van der Waals surface area (Å²) < 4.78 is 5.79. The van der Waals surface area contributed by atoms with Crippen molar-refractivity contribution < 1.29 is 9.52 Å². The van der Waals surface area contributed by atoms with Crippen LogP contribution < -0.4 is 0 Å². The topological polar surface area (TPSA) is 33.4 Å². The van der Waals surface area contributed by atoms with Crippen LogP contribution in [-0.2, 0) is 0 Å². The van der Waals surface area contributed by atoms with Crippen LogP contribution in [0.3, 0.4) is 0 Å². The van der Waals surface area contributed by atoms with Gasteiger partial charge in [-0.25, -0.2) is 0 Å². The van der Waals surface area contributed by atoms with E-state index in [2.05, 4.69) is 28.1 Å². The van der Waals surface area contributed by atoms with Gasteiger partial charge in [-0.15, -0.1) is 0 Å². The van der Waals surface area contributed by atoms with E-state index in [1.165, 1.54) is 0 Å². The first kappa shape index (κ1) is 12.5. The summed E-state index contributed by atoms with van der Waals surface area (Å²) in [5, 5.41) is 12.8. The van der Waals surface area contributed by atoms with Crippen molar-refractivity contribution in [3.05, 3.63) is 70.1 Å². The highest BCUT2D eigenvalue weighted by Crippen LogP contribution is 2.35. The van der Waals surface area contributed by atoms with Crippen LogP contribution in [0.4, 0.5) is 0 Å². The van der Waals surface area contributed by atoms with Crippen molar-refractivity contribution in [3.63, 3.8) is 0 Å². The van der Waals surface area contributed by atoms with E-state index < -0.39 is 6.10 Å². The average molecular weight is 317 g/mol. The second-order valence-electron chi connectivity index (χ2n) is 4.57. The van der Waals surface area contributed by atoms with Gasteiger partial charge in [-0.3, -0.25) is 0 Å². The Morgan fingerprint density at radius 3 is 2.63 bits per heavy atom. The second-order valence-corrected chi connectivity index (χ2v) is 5.29. The number of rotatable bonds is 2. The van der Waals surface area contributed by atoms with Crippen molar-refractivity contribution >= 4 is 26.7 Å². The molecule has 0 spiro atoms. The third-order valence-electron chi connectivity index (χ3n) is 3.40. The van der Waals surface area contributed by atoms with Crippen LogP contribution in [0.2, 0.25) is 0 Å². The predicted molar refractivity (Wildman–Crippen MR) is 79.2 cm³/mol. The van der Waals surface area contributed by atoms with E-state index in [1.807, 2.05) is 31.2 Å². The first-order chi connectivity index (χ1) is 9.18. The van der Waals surface area contributed by atoms with Gasteiger partial charge in [-0.05, 0) is 50.8 Å². The van der Waals surface area contributed by atoms with E-state index in [-0.39, 0.29) is 0 Å². The van der Waals surface area contributed by atoms with Crippen LogP contribution in [0.25, 0.3) is 10.8 Å². The van der Waals surface area contributed by atoms with Crippen molar-refractivity contribution in [3.8, 4) is 0 Å². The fourth-order valence-corrected chi connectivity index (χ4v) is 2.88. The summed E-state index contributed by atoms with van der Waals surface area (Å²) >= 11 is 3.33. The summed E-state index contributed by atoms with van der Waals surface area (Å²) in [7, 11) is 0. The molecule has 3 rings (SSSR count). The number of fused-ring (bicyclic) bond motifs is 1. The molecule has 0 aliphatic carbocycles. The lowest BCUT2D eigenvalue weighted by atomic mass is 9.93. The summed E-state index contributed by atoms with van der Waals surface area (Å²) in [5.41, 5.74) is 2.75. The summed E-state index contributed by atoms with van der Waals surface area (Å²) in [6, 6.07) is 14.0. The number of aryl methyl sites for hydroxylation is 1. The van der Waals surface area contributed by atoms with E-state index in [0.29, 0.717) is 4.67 Å². The van der Waals surface area contributed by atoms with Crippen LogP contribution in [0.5, 0.6) is 0 Å². The predicted octanol–water partition coefficient (Wildman–Crippen LogP) is 4.59. The standard InChI is InChI=1S/C16H13BrO2/c1-10-6-7-11-4-2-3-5-12(11)14(10)15(18)13-8-9-19-16(13)17/h2-9,15,18H,1H3. The van der Waals surface area contributed by atoms with Crippen molar-refractivity contribution in [1.82, 2.24) is 0 Å². The Bertz CT molecular complexity index is 730. The summed E-state index contributed by atoms with van der Waals surface area (Å²) in [4.78, 5) is 0. The number of furan rings is 1. The van der Waals surface area contributed by atoms with Crippen molar-refractivity contribution in [2.75, 3.05) is 0 Å². The molecule has 1 unspecified atom stereocenters. The lowest BCUT2D eigenvalue weighted by molar-refractivity contribution is 0.219. The molecular weight excluding hydrogens is 304 g/mol. The molecule has 1 aromatic heterocycles. The van der Waals surface area contributed by atoms with Gasteiger partial charge in [0.05, 0.1) is 6.26 Å². The molecule has 0 fully saturated rings.